The molecular formula is C13H26. The van der Waals surface area contributed by atoms with Gasteiger partial charge in [-0.05, 0) is 23.7 Å². The molecule has 0 aromatic carbocycles. The minimum Gasteiger partial charge on any atom is -0.103 e. The van der Waals surface area contributed by atoms with E-state index in [-0.39, 0.29) is 12.8 Å². The highest BCUT2D eigenvalue weighted by molar-refractivity contribution is 4.96. The molecule has 0 saturated heterocycles. The van der Waals surface area contributed by atoms with Crippen LogP contribution in [0.15, 0.2) is 25.3 Å². The third-order valence-corrected chi connectivity index (χ3v) is 2.71. The van der Waals surface area contributed by atoms with E-state index in [1.165, 1.54) is 0 Å². The van der Waals surface area contributed by atoms with Gasteiger partial charge in [-0.25, -0.2) is 0 Å². The Morgan fingerprint density at radius 1 is 1.23 bits per heavy atom. The number of rotatable bonds is 5. The standard InChI is InChI=1S/C12H22.CH4/c1-7-9-11(10(3)4)12(5,6)8-2;/h7-8,10-11H,1-2,9H2,3-6H3;1H4/t11-;/m0./s1. The van der Waals surface area contributed by atoms with Crippen LogP contribution in [0.3, 0.4) is 0 Å². The van der Waals surface area contributed by atoms with Gasteiger partial charge in [0, 0.05) is 0 Å². The van der Waals surface area contributed by atoms with Crippen molar-refractivity contribution < 1.29 is 0 Å². The van der Waals surface area contributed by atoms with Crippen molar-refractivity contribution >= 4 is 0 Å². The Balaban J connectivity index is 0. The Morgan fingerprint density at radius 3 is 1.92 bits per heavy atom. The molecule has 0 heterocycles. The van der Waals surface area contributed by atoms with Gasteiger partial charge in [0.2, 0.25) is 0 Å². The minimum absolute atomic E-state index is 0. The number of hydrogen-bond acceptors (Lipinski definition) is 0. The third kappa shape index (κ3) is 4.31. The van der Waals surface area contributed by atoms with Gasteiger partial charge in [-0.1, -0.05) is 47.3 Å². The zero-order chi connectivity index (χ0) is 9.78. The first-order chi connectivity index (χ1) is 5.45. The number of allylic oxidation sites excluding steroid dienone is 2. The van der Waals surface area contributed by atoms with Crippen molar-refractivity contribution in [3.8, 4) is 0 Å². The number of hydrogen-bond donors (Lipinski definition) is 0. The van der Waals surface area contributed by atoms with Crippen LogP contribution < -0.4 is 0 Å². The quantitative estimate of drug-likeness (QED) is 0.541. The normalized spacial score (nSPS) is 13.3. The molecule has 1 atom stereocenters. The molecule has 0 unspecified atom stereocenters. The molecule has 0 aromatic rings. The van der Waals surface area contributed by atoms with Crippen LogP contribution in [-0.2, 0) is 0 Å². The largest absolute Gasteiger partial charge is 0.103 e. The molecule has 0 aliphatic heterocycles. The summed E-state index contributed by atoms with van der Waals surface area (Å²) < 4.78 is 0. The van der Waals surface area contributed by atoms with Gasteiger partial charge in [-0.2, -0.15) is 0 Å². The van der Waals surface area contributed by atoms with Crippen LogP contribution in [0.4, 0.5) is 0 Å². The van der Waals surface area contributed by atoms with E-state index in [9.17, 15) is 0 Å². The first kappa shape index (κ1) is 15.0. The summed E-state index contributed by atoms with van der Waals surface area (Å²) in [5, 5.41) is 0. The van der Waals surface area contributed by atoms with Crippen molar-refractivity contribution in [2.75, 3.05) is 0 Å². The smallest absolute Gasteiger partial charge is 0.0144 e. The van der Waals surface area contributed by atoms with Gasteiger partial charge in [0.1, 0.15) is 0 Å². The van der Waals surface area contributed by atoms with Crippen LogP contribution in [0.5, 0.6) is 0 Å². The van der Waals surface area contributed by atoms with Crippen molar-refractivity contribution in [2.45, 2.75) is 41.5 Å². The molecule has 13 heavy (non-hydrogen) atoms. The summed E-state index contributed by atoms with van der Waals surface area (Å²) in [7, 11) is 0. The Bertz CT molecular complexity index is 151. The molecule has 0 rings (SSSR count). The van der Waals surface area contributed by atoms with Crippen LogP contribution in [0, 0.1) is 17.3 Å². The second-order valence-corrected chi connectivity index (χ2v) is 4.40. The van der Waals surface area contributed by atoms with Crippen molar-refractivity contribution in [1.82, 2.24) is 0 Å². The maximum absolute atomic E-state index is 3.88. The van der Waals surface area contributed by atoms with Gasteiger partial charge < -0.3 is 0 Å². The summed E-state index contributed by atoms with van der Waals surface area (Å²) in [6.45, 7) is 16.7. The highest BCUT2D eigenvalue weighted by Gasteiger charge is 2.27. The fourth-order valence-corrected chi connectivity index (χ4v) is 1.77. The SMILES string of the molecule is C.C=CC[C@@H](C(C)C)C(C)(C)C=C. The lowest BCUT2D eigenvalue weighted by molar-refractivity contribution is 0.214. The predicted octanol–water partition coefficient (Wildman–Crippen LogP) is 4.68. The first-order valence-electron chi connectivity index (χ1n) is 4.70. The summed E-state index contributed by atoms with van der Waals surface area (Å²) in [6.07, 6.45) is 5.15. The Kier molecular flexibility index (Phi) is 6.93. The minimum atomic E-state index is 0. The molecule has 0 fully saturated rings. The molecule has 0 saturated carbocycles. The van der Waals surface area contributed by atoms with E-state index in [0.29, 0.717) is 11.8 Å². The van der Waals surface area contributed by atoms with Crippen LogP contribution in [0.2, 0.25) is 0 Å². The molecule has 0 N–H and O–H groups in total. The Labute approximate surface area is 84.7 Å². The lowest BCUT2D eigenvalue weighted by Crippen LogP contribution is -2.25. The van der Waals surface area contributed by atoms with Crippen molar-refractivity contribution in [2.24, 2.45) is 17.3 Å². The van der Waals surface area contributed by atoms with E-state index in [0.717, 1.165) is 6.42 Å². The van der Waals surface area contributed by atoms with E-state index in [1.54, 1.807) is 0 Å². The summed E-state index contributed by atoms with van der Waals surface area (Å²) in [6, 6.07) is 0. The summed E-state index contributed by atoms with van der Waals surface area (Å²) in [5.41, 5.74) is 0.225. The predicted molar refractivity (Wildman–Crippen MR) is 63.9 cm³/mol. The molecule has 0 aliphatic rings. The average Bonchev–Trinajstić information content (AvgIpc) is 1.99. The van der Waals surface area contributed by atoms with E-state index >= 15 is 0 Å². The van der Waals surface area contributed by atoms with Gasteiger partial charge in [-0.3, -0.25) is 0 Å². The van der Waals surface area contributed by atoms with Crippen LogP contribution in [0.1, 0.15) is 41.5 Å². The first-order valence-corrected chi connectivity index (χ1v) is 4.70. The van der Waals surface area contributed by atoms with E-state index in [4.69, 9.17) is 0 Å². The maximum atomic E-state index is 3.88. The fourth-order valence-electron chi connectivity index (χ4n) is 1.77. The zero-order valence-corrected chi connectivity index (χ0v) is 8.93. The van der Waals surface area contributed by atoms with E-state index in [1.807, 2.05) is 6.08 Å². The second-order valence-electron chi connectivity index (χ2n) is 4.40. The molecule has 0 aliphatic carbocycles. The fraction of sp³-hybridized carbons (Fsp3) is 0.692. The average molecular weight is 182 g/mol. The van der Waals surface area contributed by atoms with E-state index in [2.05, 4.69) is 46.9 Å². The molecule has 78 valence electrons. The highest BCUT2D eigenvalue weighted by Crippen LogP contribution is 2.36. The maximum Gasteiger partial charge on any atom is -0.0144 e. The molecule has 0 spiro atoms. The lowest BCUT2D eigenvalue weighted by atomic mass is 9.71. The molecule has 0 bridgehead atoms. The molecular weight excluding hydrogens is 156 g/mol. The van der Waals surface area contributed by atoms with Crippen LogP contribution >= 0.6 is 0 Å². The summed E-state index contributed by atoms with van der Waals surface area (Å²) >= 11 is 0. The van der Waals surface area contributed by atoms with Crippen molar-refractivity contribution in [3.05, 3.63) is 25.3 Å². The molecule has 0 aromatic heterocycles. The van der Waals surface area contributed by atoms with Gasteiger partial charge in [0.25, 0.3) is 0 Å². The van der Waals surface area contributed by atoms with Gasteiger partial charge in [-0.15, -0.1) is 13.2 Å². The topological polar surface area (TPSA) is 0 Å². The monoisotopic (exact) mass is 182 g/mol. The van der Waals surface area contributed by atoms with Crippen molar-refractivity contribution in [1.29, 1.82) is 0 Å². The highest BCUT2D eigenvalue weighted by atomic mass is 14.3. The van der Waals surface area contributed by atoms with E-state index < -0.39 is 0 Å². The molecule has 0 heteroatoms. The Hall–Kier alpha value is -0.520. The van der Waals surface area contributed by atoms with Crippen molar-refractivity contribution in [3.63, 3.8) is 0 Å². The Morgan fingerprint density at radius 2 is 1.69 bits per heavy atom. The zero-order valence-electron chi connectivity index (χ0n) is 8.93. The third-order valence-electron chi connectivity index (χ3n) is 2.71. The molecule has 0 nitrogen and oxygen atoms in total. The van der Waals surface area contributed by atoms with Crippen LogP contribution in [0.25, 0.3) is 0 Å². The molecule has 0 radical (unpaired) electrons. The second kappa shape index (κ2) is 6.01. The summed E-state index contributed by atoms with van der Waals surface area (Å²) in [4.78, 5) is 0. The van der Waals surface area contributed by atoms with Gasteiger partial charge in [0.15, 0.2) is 0 Å². The summed E-state index contributed by atoms with van der Waals surface area (Å²) in [5.74, 6) is 1.35. The van der Waals surface area contributed by atoms with Gasteiger partial charge in [0.05, 0.1) is 0 Å². The lowest BCUT2D eigenvalue weighted by Gasteiger charge is -2.34. The van der Waals surface area contributed by atoms with Gasteiger partial charge >= 0.3 is 0 Å². The molecule has 0 amide bonds. The van der Waals surface area contributed by atoms with Crippen LogP contribution in [-0.4, -0.2) is 0 Å².